The summed E-state index contributed by atoms with van der Waals surface area (Å²) in [6.45, 7) is 2.22. The van der Waals surface area contributed by atoms with Crippen LogP contribution in [0.1, 0.15) is 25.3 Å². The number of fused-ring (bicyclic) bond motifs is 4. The van der Waals surface area contributed by atoms with E-state index in [2.05, 4.69) is 128 Å². The summed E-state index contributed by atoms with van der Waals surface area (Å²) in [4.78, 5) is 30.9. The van der Waals surface area contributed by atoms with Crippen LogP contribution in [0.4, 0.5) is 0 Å². The van der Waals surface area contributed by atoms with Crippen molar-refractivity contribution in [1.82, 2.24) is 29.9 Å². The van der Waals surface area contributed by atoms with Gasteiger partial charge in [0.1, 0.15) is 0 Å². The molecule has 0 spiro atoms. The molecular formula is C50H36N6. The van der Waals surface area contributed by atoms with E-state index < -0.39 is 0 Å². The Morgan fingerprint density at radius 2 is 0.768 bits per heavy atom. The summed E-state index contributed by atoms with van der Waals surface area (Å²) in [6.07, 6.45) is 3.36. The molecule has 0 aliphatic rings. The van der Waals surface area contributed by atoms with Gasteiger partial charge in [-0.3, -0.25) is 0 Å². The van der Waals surface area contributed by atoms with Crippen molar-refractivity contribution in [3.63, 3.8) is 0 Å². The van der Waals surface area contributed by atoms with Crippen LogP contribution in [0.3, 0.4) is 0 Å². The van der Waals surface area contributed by atoms with Crippen LogP contribution in [0.5, 0.6) is 0 Å². The molecule has 0 N–H and O–H groups in total. The number of hydrogen-bond acceptors (Lipinski definition) is 6. The summed E-state index contributed by atoms with van der Waals surface area (Å²) in [6, 6.07) is 56.1. The second kappa shape index (κ2) is 14.2. The van der Waals surface area contributed by atoms with E-state index in [1.54, 1.807) is 0 Å². The van der Waals surface area contributed by atoms with Crippen molar-refractivity contribution in [1.29, 1.82) is 0 Å². The van der Waals surface area contributed by atoms with Crippen LogP contribution >= 0.6 is 0 Å². The third kappa shape index (κ3) is 6.11. The van der Waals surface area contributed by atoms with E-state index in [1.165, 1.54) is 5.56 Å². The maximum Gasteiger partial charge on any atom is 0.160 e. The van der Waals surface area contributed by atoms with Gasteiger partial charge >= 0.3 is 0 Å². The highest BCUT2D eigenvalue weighted by Crippen LogP contribution is 2.37. The number of rotatable bonds is 8. The number of aryl methyl sites for hydroxylation is 1. The molecule has 0 aliphatic heterocycles. The van der Waals surface area contributed by atoms with Crippen molar-refractivity contribution in [2.45, 2.75) is 26.2 Å². The van der Waals surface area contributed by atoms with Gasteiger partial charge in [-0.25, -0.2) is 29.9 Å². The number of para-hydroxylation sites is 4. The quantitative estimate of drug-likeness (QED) is 0.145. The first kappa shape index (κ1) is 33.4. The molecule has 5 aromatic heterocycles. The van der Waals surface area contributed by atoms with Crippen LogP contribution in [-0.2, 0) is 6.42 Å². The summed E-state index contributed by atoms with van der Waals surface area (Å²) >= 11 is 0. The molecule has 5 aromatic carbocycles. The van der Waals surface area contributed by atoms with Crippen LogP contribution in [-0.4, -0.2) is 29.9 Å². The summed E-state index contributed by atoms with van der Waals surface area (Å²) in [5, 5.41) is 4.22. The number of nitrogens with zero attached hydrogens (tertiary/aromatic N) is 6. The van der Waals surface area contributed by atoms with Crippen LogP contribution in [0.15, 0.2) is 164 Å². The molecule has 0 radical (unpaired) electrons. The van der Waals surface area contributed by atoms with Gasteiger partial charge in [-0.15, -0.1) is 0 Å². The summed E-state index contributed by atoms with van der Waals surface area (Å²) in [5.74, 6) is 0.624. The average molecular weight is 721 g/mol. The summed E-state index contributed by atoms with van der Waals surface area (Å²) in [5.41, 5.74) is 12.7. The van der Waals surface area contributed by atoms with Gasteiger partial charge in [-0.1, -0.05) is 123 Å². The molecule has 266 valence electrons. The van der Waals surface area contributed by atoms with Crippen molar-refractivity contribution in [2.24, 2.45) is 0 Å². The van der Waals surface area contributed by atoms with Gasteiger partial charge in [0.15, 0.2) is 5.82 Å². The molecule has 6 heteroatoms. The molecule has 56 heavy (non-hydrogen) atoms. The van der Waals surface area contributed by atoms with Crippen LogP contribution in [0.25, 0.3) is 100 Å². The third-order valence-electron chi connectivity index (χ3n) is 10.5. The summed E-state index contributed by atoms with van der Waals surface area (Å²) < 4.78 is 0. The molecule has 0 fully saturated rings. The number of benzene rings is 5. The van der Waals surface area contributed by atoms with E-state index >= 15 is 0 Å². The normalized spacial score (nSPS) is 11.5. The lowest BCUT2D eigenvalue weighted by Gasteiger charge is -2.13. The highest BCUT2D eigenvalue weighted by atomic mass is 14.9. The molecule has 0 atom stereocenters. The fourth-order valence-electron chi connectivity index (χ4n) is 7.71. The van der Waals surface area contributed by atoms with E-state index in [9.17, 15) is 0 Å². The van der Waals surface area contributed by atoms with Gasteiger partial charge in [-0.05, 0) is 73.0 Å². The lowest BCUT2D eigenvalue weighted by molar-refractivity contribution is 0.795. The van der Waals surface area contributed by atoms with E-state index in [-0.39, 0.29) is 0 Å². The highest BCUT2D eigenvalue weighted by molar-refractivity contribution is 6.10. The lowest BCUT2D eigenvalue weighted by Crippen LogP contribution is -2.00. The van der Waals surface area contributed by atoms with Gasteiger partial charge in [0.25, 0.3) is 0 Å². The minimum Gasteiger partial charge on any atom is -0.248 e. The molecule has 10 rings (SSSR count). The zero-order chi connectivity index (χ0) is 37.4. The van der Waals surface area contributed by atoms with Gasteiger partial charge < -0.3 is 0 Å². The topological polar surface area (TPSA) is 77.3 Å². The van der Waals surface area contributed by atoms with E-state index in [4.69, 9.17) is 29.9 Å². The standard InChI is InChI=1S/C50H36N6/c1-2-3-14-32-27-29-33(30-28-32)50-55-46(42-23-12-25-44(53-42)48-34-15-4-8-19-38(34)51-39-20-9-5-16-35(39)48)31-47(56-50)43-24-13-26-45(54-43)49-36-17-6-10-21-40(36)52-41-22-11-7-18-37(41)49/h4-13,15-31H,2-3,14H2,1H3. The van der Waals surface area contributed by atoms with Gasteiger partial charge in [0.2, 0.25) is 0 Å². The smallest absolute Gasteiger partial charge is 0.160 e. The Bertz CT molecular complexity index is 2790. The second-order valence-electron chi connectivity index (χ2n) is 14.1. The first-order valence-electron chi connectivity index (χ1n) is 19.2. The Hall–Kier alpha value is -7.18. The van der Waals surface area contributed by atoms with Crippen molar-refractivity contribution >= 4 is 43.6 Å². The molecule has 0 saturated heterocycles. The molecule has 0 aliphatic carbocycles. The Kier molecular flexibility index (Phi) is 8.49. The zero-order valence-corrected chi connectivity index (χ0v) is 30.9. The molecule has 6 nitrogen and oxygen atoms in total. The maximum absolute atomic E-state index is 5.32. The van der Waals surface area contributed by atoms with Crippen LogP contribution in [0, 0.1) is 0 Å². The summed E-state index contributed by atoms with van der Waals surface area (Å²) in [7, 11) is 0. The molecule has 0 bridgehead atoms. The van der Waals surface area contributed by atoms with Crippen LogP contribution in [0.2, 0.25) is 0 Å². The first-order chi connectivity index (χ1) is 27.7. The Morgan fingerprint density at radius 1 is 0.357 bits per heavy atom. The fourth-order valence-corrected chi connectivity index (χ4v) is 7.71. The lowest BCUT2D eigenvalue weighted by atomic mass is 9.99. The maximum atomic E-state index is 5.32. The Balaban J connectivity index is 1.15. The predicted octanol–water partition coefficient (Wildman–Crippen LogP) is 12.3. The van der Waals surface area contributed by atoms with Crippen molar-refractivity contribution in [3.05, 3.63) is 169 Å². The average Bonchev–Trinajstić information content (AvgIpc) is 3.26. The van der Waals surface area contributed by atoms with E-state index in [0.29, 0.717) is 5.82 Å². The van der Waals surface area contributed by atoms with E-state index in [0.717, 1.165) is 114 Å². The largest absolute Gasteiger partial charge is 0.248 e. The number of hydrogen-bond donors (Lipinski definition) is 0. The minimum absolute atomic E-state index is 0.624. The predicted molar refractivity (Wildman–Crippen MR) is 229 cm³/mol. The fraction of sp³-hybridized carbons (Fsp3) is 0.0800. The zero-order valence-electron chi connectivity index (χ0n) is 30.9. The highest BCUT2D eigenvalue weighted by Gasteiger charge is 2.18. The molecule has 0 amide bonds. The minimum atomic E-state index is 0.624. The van der Waals surface area contributed by atoms with Gasteiger partial charge in [0, 0.05) is 38.2 Å². The molecule has 5 heterocycles. The molecule has 0 saturated carbocycles. The number of aromatic nitrogens is 6. The molecular weight excluding hydrogens is 685 g/mol. The van der Waals surface area contributed by atoms with Gasteiger partial charge in [-0.2, -0.15) is 0 Å². The monoisotopic (exact) mass is 720 g/mol. The Labute approximate surface area is 324 Å². The SMILES string of the molecule is CCCCc1ccc(-c2nc(-c3cccc(-c4c5ccccc5nc5ccccc45)n3)cc(-c3cccc(-c4c5ccccc5nc5ccccc45)n3)n2)cc1. The second-order valence-corrected chi connectivity index (χ2v) is 14.1. The van der Waals surface area contributed by atoms with Crippen molar-refractivity contribution in [3.8, 4) is 56.7 Å². The first-order valence-corrected chi connectivity index (χ1v) is 19.2. The number of unbranched alkanes of at least 4 members (excludes halogenated alkanes) is 1. The molecule has 0 unspecified atom stereocenters. The van der Waals surface area contributed by atoms with Crippen molar-refractivity contribution < 1.29 is 0 Å². The Morgan fingerprint density at radius 3 is 1.20 bits per heavy atom. The number of pyridine rings is 4. The van der Waals surface area contributed by atoms with Gasteiger partial charge in [0.05, 0.1) is 56.2 Å². The molecule has 10 aromatic rings. The van der Waals surface area contributed by atoms with Crippen molar-refractivity contribution in [2.75, 3.05) is 0 Å². The third-order valence-corrected chi connectivity index (χ3v) is 10.5. The van der Waals surface area contributed by atoms with Crippen LogP contribution < -0.4 is 0 Å². The van der Waals surface area contributed by atoms with E-state index in [1.807, 2.05) is 42.5 Å².